The van der Waals surface area contributed by atoms with Gasteiger partial charge in [-0.25, -0.2) is 13.2 Å². The average molecular weight is 231 g/mol. The summed E-state index contributed by atoms with van der Waals surface area (Å²) in [4.78, 5) is 0. The molecule has 0 amide bonds. The number of nitrogens with one attached hydrogen (secondary N) is 1. The van der Waals surface area contributed by atoms with Crippen molar-refractivity contribution in [3.8, 4) is 0 Å². The molecule has 1 aromatic rings. The normalized spacial score (nSPS) is 13.2. The lowest BCUT2D eigenvalue weighted by molar-refractivity contribution is 0.398. The lowest BCUT2D eigenvalue weighted by atomic mass is 9.95. The van der Waals surface area contributed by atoms with Crippen molar-refractivity contribution in [1.29, 1.82) is 0 Å². The van der Waals surface area contributed by atoms with Crippen LogP contribution in [0.15, 0.2) is 12.1 Å². The van der Waals surface area contributed by atoms with E-state index in [9.17, 15) is 13.2 Å². The van der Waals surface area contributed by atoms with Gasteiger partial charge in [0, 0.05) is 17.7 Å². The second kappa shape index (κ2) is 5.34. The Morgan fingerprint density at radius 2 is 1.62 bits per heavy atom. The van der Waals surface area contributed by atoms with Crippen molar-refractivity contribution in [2.24, 2.45) is 5.92 Å². The largest absolute Gasteiger partial charge is 0.310 e. The Labute approximate surface area is 93.7 Å². The van der Waals surface area contributed by atoms with Gasteiger partial charge in [0.1, 0.15) is 5.82 Å². The number of halogens is 3. The van der Waals surface area contributed by atoms with E-state index in [0.29, 0.717) is 12.6 Å². The highest BCUT2D eigenvalue weighted by Crippen LogP contribution is 2.25. The number of hydrogen-bond donors (Lipinski definition) is 1. The molecule has 0 spiro atoms. The second-order valence-corrected chi connectivity index (χ2v) is 4.07. The van der Waals surface area contributed by atoms with Crippen molar-refractivity contribution < 1.29 is 13.2 Å². The van der Waals surface area contributed by atoms with Gasteiger partial charge in [0.25, 0.3) is 0 Å². The molecule has 4 heteroatoms. The Bertz CT molecular complexity index is 364. The fraction of sp³-hybridized carbons (Fsp3) is 0.500. The lowest BCUT2D eigenvalue weighted by Crippen LogP contribution is -2.26. The van der Waals surface area contributed by atoms with Gasteiger partial charge in [0.15, 0.2) is 11.6 Å². The van der Waals surface area contributed by atoms with Crippen molar-refractivity contribution in [3.05, 3.63) is 35.1 Å². The monoisotopic (exact) mass is 231 g/mol. The van der Waals surface area contributed by atoms with Crippen LogP contribution in [0.1, 0.15) is 32.4 Å². The van der Waals surface area contributed by atoms with Crippen molar-refractivity contribution >= 4 is 0 Å². The maximum atomic E-state index is 13.5. The van der Waals surface area contributed by atoms with Crippen LogP contribution in [0.2, 0.25) is 0 Å². The van der Waals surface area contributed by atoms with Gasteiger partial charge in [-0.15, -0.1) is 0 Å². The SMILES string of the molecule is CCNC(c1cc(F)c(F)cc1F)C(C)C. The van der Waals surface area contributed by atoms with Gasteiger partial charge >= 0.3 is 0 Å². The maximum absolute atomic E-state index is 13.5. The second-order valence-electron chi connectivity index (χ2n) is 4.07. The standard InChI is InChI=1S/C12H16F3N/c1-4-16-12(7(2)3)8-5-10(14)11(15)6-9(8)13/h5-7,12,16H,4H2,1-3H3. The van der Waals surface area contributed by atoms with Crippen LogP contribution < -0.4 is 5.32 Å². The summed E-state index contributed by atoms with van der Waals surface area (Å²) in [6.07, 6.45) is 0. The molecule has 0 saturated heterocycles. The summed E-state index contributed by atoms with van der Waals surface area (Å²) in [7, 11) is 0. The summed E-state index contributed by atoms with van der Waals surface area (Å²) in [5.74, 6) is -2.78. The molecular formula is C12H16F3N. The first-order valence-corrected chi connectivity index (χ1v) is 5.35. The molecule has 1 aromatic carbocycles. The summed E-state index contributed by atoms with van der Waals surface area (Å²) in [5, 5.41) is 3.06. The van der Waals surface area contributed by atoms with E-state index in [4.69, 9.17) is 0 Å². The van der Waals surface area contributed by atoms with Gasteiger partial charge in [-0.1, -0.05) is 20.8 Å². The molecule has 1 nitrogen and oxygen atoms in total. The average Bonchev–Trinajstić information content (AvgIpc) is 2.20. The van der Waals surface area contributed by atoms with Crippen LogP contribution in [0.25, 0.3) is 0 Å². The molecule has 1 atom stereocenters. The molecule has 1 rings (SSSR count). The van der Waals surface area contributed by atoms with E-state index >= 15 is 0 Å². The zero-order valence-electron chi connectivity index (χ0n) is 9.65. The smallest absolute Gasteiger partial charge is 0.161 e. The van der Waals surface area contributed by atoms with Crippen molar-refractivity contribution in [2.75, 3.05) is 6.54 Å². The lowest BCUT2D eigenvalue weighted by Gasteiger charge is -2.22. The number of benzene rings is 1. The van der Waals surface area contributed by atoms with Crippen molar-refractivity contribution in [1.82, 2.24) is 5.32 Å². The predicted molar refractivity (Wildman–Crippen MR) is 57.6 cm³/mol. The van der Waals surface area contributed by atoms with Crippen molar-refractivity contribution in [2.45, 2.75) is 26.8 Å². The third-order valence-electron chi connectivity index (χ3n) is 2.47. The van der Waals surface area contributed by atoms with E-state index < -0.39 is 17.5 Å². The van der Waals surface area contributed by atoms with Gasteiger partial charge in [-0.3, -0.25) is 0 Å². The summed E-state index contributed by atoms with van der Waals surface area (Å²) in [6, 6.07) is 1.22. The molecular weight excluding hydrogens is 215 g/mol. The number of rotatable bonds is 4. The third-order valence-corrected chi connectivity index (χ3v) is 2.47. The van der Waals surface area contributed by atoms with E-state index in [0.717, 1.165) is 6.07 Å². The minimum Gasteiger partial charge on any atom is -0.310 e. The van der Waals surface area contributed by atoms with E-state index in [1.165, 1.54) is 0 Å². The molecule has 0 aliphatic carbocycles. The summed E-state index contributed by atoms with van der Waals surface area (Å²) >= 11 is 0. The first kappa shape index (κ1) is 13.0. The molecule has 0 aromatic heterocycles. The molecule has 0 radical (unpaired) electrons. The molecule has 0 heterocycles. The highest BCUT2D eigenvalue weighted by Gasteiger charge is 2.20. The third kappa shape index (κ3) is 2.76. The zero-order valence-corrected chi connectivity index (χ0v) is 9.65. The fourth-order valence-corrected chi connectivity index (χ4v) is 1.70. The molecule has 0 bridgehead atoms. The van der Waals surface area contributed by atoms with Gasteiger partial charge in [0.2, 0.25) is 0 Å². The Balaban J connectivity index is 3.13. The maximum Gasteiger partial charge on any atom is 0.161 e. The van der Waals surface area contributed by atoms with Gasteiger partial charge in [-0.05, 0) is 18.5 Å². The quantitative estimate of drug-likeness (QED) is 0.783. The molecule has 1 unspecified atom stereocenters. The highest BCUT2D eigenvalue weighted by molar-refractivity contribution is 5.24. The van der Waals surface area contributed by atoms with Gasteiger partial charge in [0.05, 0.1) is 0 Å². The highest BCUT2D eigenvalue weighted by atomic mass is 19.2. The molecule has 1 N–H and O–H groups in total. The first-order chi connectivity index (χ1) is 7.47. The van der Waals surface area contributed by atoms with Crippen LogP contribution in [-0.4, -0.2) is 6.54 Å². The predicted octanol–water partition coefficient (Wildman–Crippen LogP) is 3.41. The van der Waals surface area contributed by atoms with E-state index in [1.807, 2.05) is 20.8 Å². The van der Waals surface area contributed by atoms with E-state index in [-0.39, 0.29) is 17.5 Å². The minimum atomic E-state index is -1.15. The van der Waals surface area contributed by atoms with E-state index in [1.54, 1.807) is 0 Å². The minimum absolute atomic E-state index is 0.0966. The topological polar surface area (TPSA) is 12.0 Å². The summed E-state index contributed by atoms with van der Waals surface area (Å²) < 4.78 is 39.3. The van der Waals surface area contributed by atoms with Crippen LogP contribution in [0.4, 0.5) is 13.2 Å². The molecule has 0 aliphatic rings. The van der Waals surface area contributed by atoms with Crippen LogP contribution in [0.5, 0.6) is 0 Å². The van der Waals surface area contributed by atoms with Crippen LogP contribution >= 0.6 is 0 Å². The fourth-order valence-electron chi connectivity index (χ4n) is 1.70. The molecule has 0 fully saturated rings. The molecule has 0 saturated carbocycles. The van der Waals surface area contributed by atoms with Crippen LogP contribution in [0, 0.1) is 23.4 Å². The summed E-state index contributed by atoms with van der Waals surface area (Å²) in [5.41, 5.74) is 0.177. The molecule has 16 heavy (non-hydrogen) atoms. The Morgan fingerprint density at radius 1 is 1.06 bits per heavy atom. The van der Waals surface area contributed by atoms with Crippen LogP contribution in [0.3, 0.4) is 0 Å². The van der Waals surface area contributed by atoms with Crippen LogP contribution in [-0.2, 0) is 0 Å². The number of hydrogen-bond acceptors (Lipinski definition) is 1. The van der Waals surface area contributed by atoms with Gasteiger partial charge < -0.3 is 5.32 Å². The Kier molecular flexibility index (Phi) is 4.35. The molecule has 0 aliphatic heterocycles. The van der Waals surface area contributed by atoms with Gasteiger partial charge in [-0.2, -0.15) is 0 Å². The zero-order chi connectivity index (χ0) is 12.3. The Morgan fingerprint density at radius 3 is 2.12 bits per heavy atom. The molecule has 90 valence electrons. The summed E-state index contributed by atoms with van der Waals surface area (Å²) in [6.45, 7) is 6.32. The van der Waals surface area contributed by atoms with E-state index in [2.05, 4.69) is 5.32 Å². The van der Waals surface area contributed by atoms with Crippen molar-refractivity contribution in [3.63, 3.8) is 0 Å². The Hall–Kier alpha value is -1.03. The first-order valence-electron chi connectivity index (χ1n) is 5.35.